The lowest BCUT2D eigenvalue weighted by molar-refractivity contribution is 0.475. The fraction of sp³-hybridized carbons (Fsp3) is 0. The number of fused-ring (bicyclic) bond motifs is 2. The Labute approximate surface area is 165 Å². The van der Waals surface area contributed by atoms with Gasteiger partial charge in [-0.1, -0.05) is 24.3 Å². The first-order valence-electron chi connectivity index (χ1n) is 8.93. The second kappa shape index (κ2) is 6.62. The van der Waals surface area contributed by atoms with E-state index in [0.29, 0.717) is 28.6 Å². The molecule has 3 N–H and O–H groups in total. The van der Waals surface area contributed by atoms with Crippen molar-refractivity contribution in [2.75, 3.05) is 5.32 Å². The number of hydrogen-bond donors (Lipinski definition) is 3. The molecule has 2 heterocycles. The number of phenols is 1. The zero-order chi connectivity index (χ0) is 19.8. The minimum absolute atomic E-state index is 0.0208. The van der Waals surface area contributed by atoms with Crippen LogP contribution in [0.2, 0.25) is 0 Å². The molecule has 138 valence electrons. The van der Waals surface area contributed by atoms with Gasteiger partial charge in [0, 0.05) is 16.3 Å². The maximum atomic E-state index is 9.70. The van der Waals surface area contributed by atoms with E-state index in [-0.39, 0.29) is 5.75 Å². The molecule has 0 aliphatic heterocycles. The summed E-state index contributed by atoms with van der Waals surface area (Å²) < 4.78 is 0. The third-order valence-electron chi connectivity index (χ3n) is 4.67. The number of nitrogens with one attached hydrogen (secondary N) is 2. The number of aromatic amines is 1. The summed E-state index contributed by atoms with van der Waals surface area (Å²) in [5.74, 6) is 1.65. The molecule has 0 spiro atoms. The van der Waals surface area contributed by atoms with Crippen LogP contribution in [0.15, 0.2) is 66.7 Å². The smallest absolute Gasteiger partial charge is 0.163 e. The molecule has 0 fully saturated rings. The van der Waals surface area contributed by atoms with Gasteiger partial charge in [-0.3, -0.25) is 5.10 Å². The van der Waals surface area contributed by atoms with Crippen molar-refractivity contribution in [2.45, 2.75) is 0 Å². The average Bonchev–Trinajstić information content (AvgIpc) is 3.16. The largest absolute Gasteiger partial charge is 0.508 e. The molecule has 0 amide bonds. The Morgan fingerprint density at radius 1 is 0.897 bits per heavy atom. The van der Waals surface area contributed by atoms with Crippen LogP contribution in [0.3, 0.4) is 0 Å². The number of nitrogens with zero attached hydrogens (tertiary/aromatic N) is 4. The summed E-state index contributed by atoms with van der Waals surface area (Å²) in [6.07, 6.45) is 0. The Morgan fingerprint density at radius 3 is 2.55 bits per heavy atom. The number of H-pyrrole nitrogens is 1. The highest BCUT2D eigenvalue weighted by molar-refractivity contribution is 5.97. The van der Waals surface area contributed by atoms with Gasteiger partial charge >= 0.3 is 0 Å². The van der Waals surface area contributed by atoms with E-state index in [1.54, 1.807) is 6.07 Å². The van der Waals surface area contributed by atoms with Gasteiger partial charge in [0.05, 0.1) is 16.6 Å². The van der Waals surface area contributed by atoms with Gasteiger partial charge in [-0.2, -0.15) is 10.4 Å². The summed E-state index contributed by atoms with van der Waals surface area (Å²) in [6, 6.07) is 22.1. The van der Waals surface area contributed by atoms with Crippen molar-refractivity contribution in [1.82, 2.24) is 20.2 Å². The Kier molecular flexibility index (Phi) is 3.82. The number of hydrogen-bond acceptors (Lipinski definition) is 6. The van der Waals surface area contributed by atoms with Crippen LogP contribution >= 0.6 is 0 Å². The Balaban J connectivity index is 1.70. The van der Waals surface area contributed by atoms with Crippen molar-refractivity contribution in [3.05, 3.63) is 72.3 Å². The van der Waals surface area contributed by atoms with E-state index in [0.717, 1.165) is 21.8 Å². The fourth-order valence-corrected chi connectivity index (χ4v) is 3.28. The number of benzene rings is 3. The van der Waals surface area contributed by atoms with Crippen LogP contribution in [0.5, 0.6) is 5.75 Å². The molecule has 0 aliphatic rings. The molecular weight excluding hydrogens is 364 g/mol. The van der Waals surface area contributed by atoms with Gasteiger partial charge in [-0.25, -0.2) is 9.97 Å². The fourth-order valence-electron chi connectivity index (χ4n) is 3.28. The monoisotopic (exact) mass is 378 g/mol. The first kappa shape index (κ1) is 16.7. The van der Waals surface area contributed by atoms with Gasteiger partial charge in [-0.05, 0) is 42.5 Å². The normalized spacial score (nSPS) is 10.9. The van der Waals surface area contributed by atoms with Crippen LogP contribution in [-0.4, -0.2) is 25.3 Å². The number of aromatic nitrogens is 4. The van der Waals surface area contributed by atoms with Gasteiger partial charge in [0.2, 0.25) is 0 Å². The molecule has 7 nitrogen and oxygen atoms in total. The van der Waals surface area contributed by atoms with E-state index in [1.165, 1.54) is 12.1 Å². The molecule has 5 aromatic rings. The Morgan fingerprint density at radius 2 is 1.69 bits per heavy atom. The molecule has 3 aromatic carbocycles. The van der Waals surface area contributed by atoms with Crippen molar-refractivity contribution in [3.63, 3.8) is 0 Å². The SMILES string of the molecule is N#Cc1cc(O)ccc1-c1nc(Nc2n[nH]c3ccccc23)c2ccccc2n1. The summed E-state index contributed by atoms with van der Waals surface area (Å²) in [4.78, 5) is 9.31. The lowest BCUT2D eigenvalue weighted by Crippen LogP contribution is -2.00. The van der Waals surface area contributed by atoms with E-state index < -0.39 is 0 Å². The molecule has 0 saturated carbocycles. The first-order chi connectivity index (χ1) is 14.2. The van der Waals surface area contributed by atoms with E-state index in [4.69, 9.17) is 0 Å². The first-order valence-corrected chi connectivity index (χ1v) is 8.93. The van der Waals surface area contributed by atoms with E-state index in [9.17, 15) is 10.4 Å². The molecular formula is C22H14N6O. The molecule has 0 atom stereocenters. The van der Waals surface area contributed by atoms with Gasteiger partial charge in [-0.15, -0.1) is 0 Å². The Bertz CT molecular complexity index is 1420. The third-order valence-corrected chi connectivity index (χ3v) is 4.67. The standard InChI is InChI=1S/C22H14N6O/c23-12-13-11-14(29)9-10-15(13)20-24-18-7-3-1-5-16(18)21(25-20)26-22-17-6-2-4-8-19(17)27-28-22/h1-11,29H,(H2,24,25,26,27,28). The van der Waals surface area contributed by atoms with Crippen molar-refractivity contribution in [2.24, 2.45) is 0 Å². The van der Waals surface area contributed by atoms with Crippen LogP contribution in [0.25, 0.3) is 33.2 Å². The maximum absolute atomic E-state index is 9.70. The molecule has 0 aliphatic carbocycles. The van der Waals surface area contributed by atoms with Crippen LogP contribution in [0.1, 0.15) is 5.56 Å². The van der Waals surface area contributed by atoms with Crippen molar-refractivity contribution in [3.8, 4) is 23.2 Å². The number of phenolic OH excluding ortho intramolecular Hbond substituents is 1. The molecule has 0 radical (unpaired) electrons. The van der Waals surface area contributed by atoms with Gasteiger partial charge in [0.1, 0.15) is 17.6 Å². The lowest BCUT2D eigenvalue weighted by atomic mass is 10.1. The number of anilines is 2. The molecule has 0 unspecified atom stereocenters. The lowest BCUT2D eigenvalue weighted by Gasteiger charge is -2.11. The van der Waals surface area contributed by atoms with E-state index in [2.05, 4.69) is 31.6 Å². The van der Waals surface area contributed by atoms with Crippen LogP contribution < -0.4 is 5.32 Å². The summed E-state index contributed by atoms with van der Waals surface area (Å²) in [5.41, 5.74) is 2.50. The minimum atomic E-state index is 0.0208. The third kappa shape index (κ3) is 2.89. The number of nitriles is 1. The van der Waals surface area contributed by atoms with Crippen molar-refractivity contribution < 1.29 is 5.11 Å². The predicted molar refractivity (Wildman–Crippen MR) is 111 cm³/mol. The summed E-state index contributed by atoms with van der Waals surface area (Å²) in [7, 11) is 0. The van der Waals surface area contributed by atoms with Crippen LogP contribution in [-0.2, 0) is 0 Å². The molecule has 0 bridgehead atoms. The van der Waals surface area contributed by atoms with Gasteiger partial charge < -0.3 is 10.4 Å². The molecule has 0 saturated heterocycles. The summed E-state index contributed by atoms with van der Waals surface area (Å²) in [6.45, 7) is 0. The predicted octanol–water partition coefficient (Wildman–Crippen LogP) is 4.49. The quantitative estimate of drug-likeness (QED) is 0.426. The Hall–Kier alpha value is -4.44. The van der Waals surface area contributed by atoms with Crippen LogP contribution in [0, 0.1) is 11.3 Å². The zero-order valence-electron chi connectivity index (χ0n) is 15.1. The zero-order valence-corrected chi connectivity index (χ0v) is 15.1. The minimum Gasteiger partial charge on any atom is -0.508 e. The maximum Gasteiger partial charge on any atom is 0.163 e. The molecule has 2 aromatic heterocycles. The van der Waals surface area contributed by atoms with Crippen LogP contribution in [0.4, 0.5) is 11.6 Å². The van der Waals surface area contributed by atoms with E-state index >= 15 is 0 Å². The topological polar surface area (TPSA) is 111 Å². The number of para-hydroxylation sites is 2. The second-order valence-electron chi connectivity index (χ2n) is 6.50. The highest BCUT2D eigenvalue weighted by atomic mass is 16.3. The van der Waals surface area contributed by atoms with Gasteiger partial charge in [0.25, 0.3) is 0 Å². The van der Waals surface area contributed by atoms with Gasteiger partial charge in [0.15, 0.2) is 11.6 Å². The summed E-state index contributed by atoms with van der Waals surface area (Å²) in [5, 5.41) is 31.6. The molecule has 7 heteroatoms. The highest BCUT2D eigenvalue weighted by Crippen LogP contribution is 2.31. The summed E-state index contributed by atoms with van der Waals surface area (Å²) >= 11 is 0. The number of aromatic hydroxyl groups is 1. The average molecular weight is 378 g/mol. The number of rotatable bonds is 3. The highest BCUT2D eigenvalue weighted by Gasteiger charge is 2.15. The molecule has 5 rings (SSSR count). The van der Waals surface area contributed by atoms with Crippen molar-refractivity contribution >= 4 is 33.4 Å². The van der Waals surface area contributed by atoms with Crippen molar-refractivity contribution in [1.29, 1.82) is 5.26 Å². The molecule has 29 heavy (non-hydrogen) atoms. The van der Waals surface area contributed by atoms with E-state index in [1.807, 2.05) is 48.5 Å². The second-order valence-corrected chi connectivity index (χ2v) is 6.50.